The summed E-state index contributed by atoms with van der Waals surface area (Å²) in [4.78, 5) is 0. The molecule has 0 fully saturated rings. The number of methoxy groups -OCH3 is 1. The summed E-state index contributed by atoms with van der Waals surface area (Å²) in [5.41, 5.74) is 0.993. The van der Waals surface area contributed by atoms with E-state index in [0.29, 0.717) is 22.0 Å². The number of anilines is 1. The number of benzene rings is 2. The fraction of sp³-hybridized carbons (Fsp3) is 0.200. The van der Waals surface area contributed by atoms with E-state index in [2.05, 4.69) is 5.32 Å². The molecule has 0 amide bonds. The average molecular weight is 332 g/mol. The normalized spacial score (nSPS) is 12.1. The molecule has 2 nitrogen and oxygen atoms in total. The zero-order chi connectivity index (χ0) is 15.6. The van der Waals surface area contributed by atoms with Crippen molar-refractivity contribution in [3.8, 4) is 5.75 Å². The molecular formula is C15H13Cl2F2NO. The van der Waals surface area contributed by atoms with Gasteiger partial charge in [-0.25, -0.2) is 8.78 Å². The van der Waals surface area contributed by atoms with Gasteiger partial charge in [-0.2, -0.15) is 0 Å². The highest BCUT2D eigenvalue weighted by Crippen LogP contribution is 2.36. The minimum Gasteiger partial charge on any atom is -0.494 e. The predicted octanol–water partition coefficient (Wildman–Crippen LogP) is 5.45. The van der Waals surface area contributed by atoms with Crippen LogP contribution < -0.4 is 10.1 Å². The van der Waals surface area contributed by atoms with Crippen LogP contribution in [-0.2, 0) is 0 Å². The van der Waals surface area contributed by atoms with Gasteiger partial charge in [-0.15, -0.1) is 0 Å². The molecular weight excluding hydrogens is 319 g/mol. The van der Waals surface area contributed by atoms with Gasteiger partial charge in [0.05, 0.1) is 23.9 Å². The molecule has 112 valence electrons. The average Bonchev–Trinajstić information content (AvgIpc) is 2.45. The first-order valence-electron chi connectivity index (χ1n) is 6.17. The van der Waals surface area contributed by atoms with Crippen LogP contribution in [0.4, 0.5) is 14.5 Å². The Balaban J connectivity index is 2.35. The molecule has 2 rings (SSSR count). The number of hydrogen-bond donors (Lipinski definition) is 1. The van der Waals surface area contributed by atoms with E-state index >= 15 is 0 Å². The SMILES string of the molecule is COc1cc(F)ccc1NC(C)c1c(Cl)ccc(F)c1Cl. The van der Waals surface area contributed by atoms with Gasteiger partial charge in [-0.05, 0) is 31.2 Å². The Morgan fingerprint density at radius 2 is 1.86 bits per heavy atom. The third kappa shape index (κ3) is 3.39. The molecule has 0 aliphatic rings. The molecule has 2 aromatic carbocycles. The Hall–Kier alpha value is -1.52. The molecule has 0 spiro atoms. The van der Waals surface area contributed by atoms with Crippen LogP contribution in [-0.4, -0.2) is 7.11 Å². The van der Waals surface area contributed by atoms with Crippen molar-refractivity contribution in [1.29, 1.82) is 0 Å². The van der Waals surface area contributed by atoms with Crippen molar-refractivity contribution in [3.63, 3.8) is 0 Å². The highest BCUT2D eigenvalue weighted by Gasteiger charge is 2.18. The number of hydrogen-bond acceptors (Lipinski definition) is 2. The molecule has 0 aromatic heterocycles. The maximum Gasteiger partial charge on any atom is 0.144 e. The Labute approximate surface area is 131 Å². The van der Waals surface area contributed by atoms with E-state index < -0.39 is 11.6 Å². The van der Waals surface area contributed by atoms with Gasteiger partial charge in [-0.3, -0.25) is 0 Å². The summed E-state index contributed by atoms with van der Waals surface area (Å²) in [6, 6.07) is 6.35. The molecule has 2 aromatic rings. The van der Waals surface area contributed by atoms with Crippen LogP contribution in [0.3, 0.4) is 0 Å². The molecule has 0 bridgehead atoms. The second-order valence-corrected chi connectivity index (χ2v) is 5.25. The third-order valence-electron chi connectivity index (χ3n) is 3.05. The lowest BCUT2D eigenvalue weighted by Gasteiger charge is -2.20. The van der Waals surface area contributed by atoms with Crippen LogP contribution in [0, 0.1) is 11.6 Å². The molecule has 21 heavy (non-hydrogen) atoms. The van der Waals surface area contributed by atoms with Crippen LogP contribution in [0.1, 0.15) is 18.5 Å². The van der Waals surface area contributed by atoms with Gasteiger partial charge in [0.1, 0.15) is 17.4 Å². The number of rotatable bonds is 4. The lowest BCUT2D eigenvalue weighted by molar-refractivity contribution is 0.412. The van der Waals surface area contributed by atoms with E-state index in [1.54, 1.807) is 6.92 Å². The van der Waals surface area contributed by atoms with Crippen molar-refractivity contribution in [2.75, 3.05) is 12.4 Å². The first-order valence-corrected chi connectivity index (χ1v) is 6.93. The van der Waals surface area contributed by atoms with Gasteiger partial charge in [0, 0.05) is 16.7 Å². The van der Waals surface area contributed by atoms with Gasteiger partial charge in [-0.1, -0.05) is 23.2 Å². The van der Waals surface area contributed by atoms with Gasteiger partial charge in [0.25, 0.3) is 0 Å². The van der Waals surface area contributed by atoms with E-state index in [4.69, 9.17) is 27.9 Å². The van der Waals surface area contributed by atoms with Gasteiger partial charge < -0.3 is 10.1 Å². The van der Waals surface area contributed by atoms with Crippen molar-refractivity contribution in [2.45, 2.75) is 13.0 Å². The van der Waals surface area contributed by atoms with Crippen molar-refractivity contribution in [1.82, 2.24) is 0 Å². The zero-order valence-corrected chi connectivity index (χ0v) is 12.9. The molecule has 1 unspecified atom stereocenters. The molecule has 1 atom stereocenters. The van der Waals surface area contributed by atoms with Crippen molar-refractivity contribution in [2.24, 2.45) is 0 Å². The fourth-order valence-corrected chi connectivity index (χ4v) is 2.73. The van der Waals surface area contributed by atoms with Crippen molar-refractivity contribution >= 4 is 28.9 Å². The Morgan fingerprint density at radius 1 is 1.14 bits per heavy atom. The van der Waals surface area contributed by atoms with Crippen LogP contribution >= 0.6 is 23.2 Å². The predicted molar refractivity (Wildman–Crippen MR) is 81.4 cm³/mol. The lowest BCUT2D eigenvalue weighted by atomic mass is 10.1. The molecule has 0 radical (unpaired) electrons. The van der Waals surface area contributed by atoms with Gasteiger partial charge >= 0.3 is 0 Å². The largest absolute Gasteiger partial charge is 0.494 e. The summed E-state index contributed by atoms with van der Waals surface area (Å²) in [6.07, 6.45) is 0. The summed E-state index contributed by atoms with van der Waals surface area (Å²) in [7, 11) is 1.44. The first kappa shape index (κ1) is 15.9. The van der Waals surface area contributed by atoms with Crippen LogP contribution in [0.15, 0.2) is 30.3 Å². The van der Waals surface area contributed by atoms with Gasteiger partial charge in [0.2, 0.25) is 0 Å². The van der Waals surface area contributed by atoms with Crippen molar-refractivity contribution in [3.05, 3.63) is 57.6 Å². The summed E-state index contributed by atoms with van der Waals surface area (Å²) in [6.45, 7) is 1.77. The Morgan fingerprint density at radius 3 is 2.52 bits per heavy atom. The standard InChI is InChI=1S/C15H13Cl2F2NO/c1-8(14-10(16)4-5-11(19)15(14)17)20-12-6-3-9(18)7-13(12)21-2/h3-8,20H,1-2H3. The molecule has 1 N–H and O–H groups in total. The monoisotopic (exact) mass is 331 g/mol. The quantitative estimate of drug-likeness (QED) is 0.752. The van der Waals surface area contributed by atoms with E-state index in [9.17, 15) is 8.78 Å². The van der Waals surface area contributed by atoms with E-state index in [1.165, 1.54) is 37.4 Å². The highest BCUT2D eigenvalue weighted by molar-refractivity contribution is 6.36. The maximum atomic E-state index is 13.6. The summed E-state index contributed by atoms with van der Waals surface area (Å²) >= 11 is 12.0. The highest BCUT2D eigenvalue weighted by atomic mass is 35.5. The Bertz CT molecular complexity index is 664. The fourth-order valence-electron chi connectivity index (χ4n) is 2.03. The zero-order valence-electron chi connectivity index (χ0n) is 11.4. The molecule has 0 heterocycles. The van der Waals surface area contributed by atoms with E-state index in [-0.39, 0.29) is 11.1 Å². The summed E-state index contributed by atoms with van der Waals surface area (Å²) in [5.74, 6) is -0.617. The summed E-state index contributed by atoms with van der Waals surface area (Å²) in [5, 5.41) is 3.40. The topological polar surface area (TPSA) is 21.3 Å². The second-order valence-electron chi connectivity index (χ2n) is 4.47. The number of ether oxygens (including phenoxy) is 1. The third-order valence-corrected chi connectivity index (χ3v) is 3.76. The van der Waals surface area contributed by atoms with E-state index in [0.717, 1.165) is 0 Å². The second kappa shape index (κ2) is 6.50. The molecule has 6 heteroatoms. The minimum absolute atomic E-state index is 0.0384. The van der Waals surface area contributed by atoms with Crippen molar-refractivity contribution < 1.29 is 13.5 Å². The van der Waals surface area contributed by atoms with E-state index in [1.807, 2.05) is 0 Å². The molecule has 0 saturated carbocycles. The molecule has 0 aliphatic heterocycles. The van der Waals surface area contributed by atoms with Gasteiger partial charge in [0.15, 0.2) is 0 Å². The summed E-state index contributed by atoms with van der Waals surface area (Å²) < 4.78 is 31.8. The number of halogens is 4. The van der Waals surface area contributed by atoms with Crippen LogP contribution in [0.5, 0.6) is 5.75 Å². The number of nitrogens with one attached hydrogen (secondary N) is 1. The minimum atomic E-state index is -0.546. The molecule has 0 aliphatic carbocycles. The first-order chi connectivity index (χ1) is 9.93. The molecule has 0 saturated heterocycles. The lowest BCUT2D eigenvalue weighted by Crippen LogP contribution is -2.09. The smallest absolute Gasteiger partial charge is 0.144 e. The van der Waals surface area contributed by atoms with Crippen LogP contribution in [0.25, 0.3) is 0 Å². The van der Waals surface area contributed by atoms with Crippen LogP contribution in [0.2, 0.25) is 10.0 Å². The maximum absolute atomic E-state index is 13.6. The Kier molecular flexibility index (Phi) is 4.91.